The van der Waals surface area contributed by atoms with Crippen LogP contribution < -0.4 is 0 Å². The Bertz CT molecular complexity index is 1280. The van der Waals surface area contributed by atoms with Gasteiger partial charge in [0.2, 0.25) is 0 Å². The third-order valence-corrected chi connectivity index (χ3v) is 10.4. The van der Waals surface area contributed by atoms with E-state index in [0.717, 1.165) is 68.4 Å². The van der Waals surface area contributed by atoms with Crippen LogP contribution in [0.2, 0.25) is 0 Å². The number of nitrogens with zero attached hydrogens (tertiary/aromatic N) is 2. The molecule has 1 fully saturated rings. The molecule has 0 aromatic heterocycles. The first-order valence-electron chi connectivity index (χ1n) is 19.6. The molecule has 3 aromatic carbocycles. The molecule has 3 aromatic rings. The third-order valence-electron chi connectivity index (χ3n) is 10.4. The summed E-state index contributed by atoms with van der Waals surface area (Å²) >= 11 is 0. The van der Waals surface area contributed by atoms with E-state index in [1.54, 1.807) is 0 Å². The lowest BCUT2D eigenvalue weighted by atomic mass is 9.71. The number of hydrogen-bond donors (Lipinski definition) is 1. The highest BCUT2D eigenvalue weighted by Gasteiger charge is 2.45. The molecule has 50 heavy (non-hydrogen) atoms. The Morgan fingerprint density at radius 2 is 1.18 bits per heavy atom. The fraction of sp³-hybridized carbons (Fsp3) is 0.556. The van der Waals surface area contributed by atoms with Crippen molar-refractivity contribution in [3.63, 3.8) is 0 Å². The van der Waals surface area contributed by atoms with E-state index < -0.39 is 10.8 Å². The Morgan fingerprint density at radius 1 is 0.720 bits per heavy atom. The minimum Gasteiger partial charge on any atom is -0.465 e. The number of aliphatic hydroxyl groups is 1. The Kier molecular flexibility index (Phi) is 19.5. The van der Waals surface area contributed by atoms with Crippen LogP contribution in [0.5, 0.6) is 0 Å². The van der Waals surface area contributed by atoms with Gasteiger partial charge in [0.05, 0.1) is 18.1 Å². The van der Waals surface area contributed by atoms with E-state index in [2.05, 4.69) is 61.2 Å². The zero-order valence-electron chi connectivity index (χ0n) is 31.2. The highest BCUT2D eigenvalue weighted by Crippen LogP contribution is 2.39. The van der Waals surface area contributed by atoms with Crippen molar-refractivity contribution in [2.45, 2.75) is 127 Å². The molecule has 5 nitrogen and oxygen atoms in total. The van der Waals surface area contributed by atoms with Crippen LogP contribution in [0, 0.1) is 11.3 Å². The van der Waals surface area contributed by atoms with Crippen LogP contribution >= 0.6 is 0 Å². The molecule has 4 rings (SSSR count). The lowest BCUT2D eigenvalue weighted by Crippen LogP contribution is -2.49. The van der Waals surface area contributed by atoms with Crippen LogP contribution in [-0.4, -0.2) is 48.8 Å². The molecule has 1 heterocycles. The summed E-state index contributed by atoms with van der Waals surface area (Å²) in [4.78, 5) is 15.8. The van der Waals surface area contributed by atoms with E-state index in [9.17, 15) is 10.1 Å². The molecule has 0 amide bonds. The summed E-state index contributed by atoms with van der Waals surface area (Å²) in [5.41, 5.74) is 1.78. The fourth-order valence-corrected chi connectivity index (χ4v) is 7.16. The third kappa shape index (κ3) is 12.7. The quantitative estimate of drug-likeness (QED) is 0.0895. The van der Waals surface area contributed by atoms with E-state index in [1.165, 1.54) is 64.2 Å². The summed E-state index contributed by atoms with van der Waals surface area (Å²) in [6.07, 6.45) is 18.8. The minimum atomic E-state index is -0.713. The molecular weight excluding hydrogens is 617 g/mol. The minimum absolute atomic E-state index is 0.0956. The number of ether oxygens (including phenoxy) is 1. The van der Waals surface area contributed by atoms with Crippen LogP contribution in [0.4, 0.5) is 0 Å². The van der Waals surface area contributed by atoms with Gasteiger partial charge >= 0.3 is 5.97 Å². The molecule has 1 N–H and O–H groups in total. The fourth-order valence-electron chi connectivity index (χ4n) is 7.16. The number of likely N-dealkylation sites (tertiary alicyclic amines) is 1. The first kappa shape index (κ1) is 41.0. The van der Waals surface area contributed by atoms with Gasteiger partial charge in [-0.3, -0.25) is 4.79 Å². The Balaban J connectivity index is 0.000000409. The standard InChI is InChI=1S/C32H36N2O2.C13H28O/c1-2-3-25-36-30(35)31(27-13-7-4-8-14-27)19-22-34(23-20-31)24-21-32(26-33,28-15-9-5-10-16-28)29-17-11-6-12-18-29;1-2-3-4-5-6-7-8-9-10-11-12-13-14/h4-18H,2-3,19-25H2,1H3;14H,2-13H2,1H3. The van der Waals surface area contributed by atoms with Crippen molar-refractivity contribution in [2.75, 3.05) is 32.8 Å². The second-order valence-electron chi connectivity index (χ2n) is 14.0. The topological polar surface area (TPSA) is 73.6 Å². The Morgan fingerprint density at radius 3 is 1.64 bits per heavy atom. The normalized spacial score (nSPS) is 14.3. The summed E-state index contributed by atoms with van der Waals surface area (Å²) in [6.45, 7) is 7.59. The van der Waals surface area contributed by atoms with E-state index in [1.807, 2.05) is 54.6 Å². The number of unbranched alkanes of at least 4 members (excludes halogenated alkanes) is 11. The highest BCUT2D eigenvalue weighted by molar-refractivity contribution is 5.83. The molecular formula is C45H64N2O3. The summed E-state index contributed by atoms with van der Waals surface area (Å²) in [7, 11) is 0. The predicted octanol–water partition coefficient (Wildman–Crippen LogP) is 10.6. The molecule has 0 atom stereocenters. The van der Waals surface area contributed by atoms with Crippen molar-refractivity contribution < 1.29 is 14.6 Å². The number of esters is 1. The van der Waals surface area contributed by atoms with Crippen molar-refractivity contribution in [2.24, 2.45) is 0 Å². The second-order valence-corrected chi connectivity index (χ2v) is 14.0. The number of hydrogen-bond acceptors (Lipinski definition) is 5. The van der Waals surface area contributed by atoms with Crippen LogP contribution in [0.25, 0.3) is 0 Å². The smallest absolute Gasteiger partial charge is 0.316 e. The maximum absolute atomic E-state index is 13.4. The number of rotatable bonds is 21. The van der Waals surface area contributed by atoms with Gasteiger partial charge in [0.1, 0.15) is 5.41 Å². The molecule has 0 spiro atoms. The lowest BCUT2D eigenvalue weighted by molar-refractivity contribution is -0.153. The van der Waals surface area contributed by atoms with Crippen molar-refractivity contribution >= 4 is 5.97 Å². The van der Waals surface area contributed by atoms with Crippen LogP contribution in [0.15, 0.2) is 91.0 Å². The van der Waals surface area contributed by atoms with Gasteiger partial charge in [-0.15, -0.1) is 0 Å². The monoisotopic (exact) mass is 680 g/mol. The van der Waals surface area contributed by atoms with Crippen molar-refractivity contribution in [3.8, 4) is 6.07 Å². The average Bonchev–Trinajstić information content (AvgIpc) is 3.18. The van der Waals surface area contributed by atoms with E-state index in [4.69, 9.17) is 9.84 Å². The van der Waals surface area contributed by atoms with Gasteiger partial charge in [0.25, 0.3) is 0 Å². The first-order chi connectivity index (χ1) is 24.6. The number of carbonyl (C=O) groups is 1. The summed E-state index contributed by atoms with van der Waals surface area (Å²) in [5.74, 6) is -0.0956. The molecule has 0 saturated carbocycles. The zero-order valence-corrected chi connectivity index (χ0v) is 31.2. The molecule has 0 radical (unpaired) electrons. The molecule has 272 valence electrons. The Hall–Kier alpha value is -3.46. The van der Waals surface area contributed by atoms with E-state index in [-0.39, 0.29) is 5.97 Å². The first-order valence-corrected chi connectivity index (χ1v) is 19.6. The van der Waals surface area contributed by atoms with Crippen molar-refractivity contribution in [1.29, 1.82) is 5.26 Å². The largest absolute Gasteiger partial charge is 0.465 e. The number of benzene rings is 3. The lowest BCUT2D eigenvalue weighted by Gasteiger charge is -2.41. The van der Waals surface area contributed by atoms with Gasteiger partial charge in [0, 0.05) is 13.2 Å². The van der Waals surface area contributed by atoms with Gasteiger partial charge < -0.3 is 14.7 Å². The van der Waals surface area contributed by atoms with Crippen molar-refractivity contribution in [3.05, 3.63) is 108 Å². The molecule has 0 unspecified atom stereocenters. The zero-order chi connectivity index (χ0) is 35.8. The number of piperidine rings is 1. The van der Waals surface area contributed by atoms with Gasteiger partial charge in [0.15, 0.2) is 0 Å². The maximum Gasteiger partial charge on any atom is 0.316 e. The Labute approximate surface area is 304 Å². The SMILES string of the molecule is CCCCCCCCCCCCCO.CCCCOC(=O)C1(c2ccccc2)CCN(CCC(C#N)(c2ccccc2)c2ccccc2)CC1. The second kappa shape index (κ2) is 23.9. The molecule has 1 saturated heterocycles. The maximum atomic E-state index is 13.4. The molecule has 5 heteroatoms. The number of aliphatic hydroxyl groups excluding tert-OH is 1. The molecule has 0 aliphatic carbocycles. The van der Waals surface area contributed by atoms with Gasteiger partial charge in [-0.1, -0.05) is 175 Å². The molecule has 1 aliphatic heterocycles. The van der Waals surface area contributed by atoms with E-state index >= 15 is 0 Å². The van der Waals surface area contributed by atoms with Gasteiger partial charge in [-0.25, -0.2) is 0 Å². The number of nitriles is 1. The van der Waals surface area contributed by atoms with Gasteiger partial charge in [-0.05, 0) is 61.9 Å². The summed E-state index contributed by atoms with van der Waals surface area (Å²) in [6, 6.07) is 33.0. The summed E-state index contributed by atoms with van der Waals surface area (Å²) in [5, 5.41) is 19.1. The van der Waals surface area contributed by atoms with Crippen molar-refractivity contribution in [1.82, 2.24) is 4.90 Å². The number of carbonyl (C=O) groups excluding carboxylic acids is 1. The van der Waals surface area contributed by atoms with Gasteiger partial charge in [-0.2, -0.15) is 5.26 Å². The van der Waals surface area contributed by atoms with Crippen LogP contribution in [-0.2, 0) is 20.4 Å². The highest BCUT2D eigenvalue weighted by atomic mass is 16.5. The van der Waals surface area contributed by atoms with Crippen LogP contribution in [0.3, 0.4) is 0 Å². The van der Waals surface area contributed by atoms with E-state index in [0.29, 0.717) is 19.6 Å². The average molecular weight is 681 g/mol. The summed E-state index contributed by atoms with van der Waals surface area (Å²) < 4.78 is 5.76. The molecule has 0 bridgehead atoms. The van der Waals surface area contributed by atoms with Crippen LogP contribution in [0.1, 0.15) is 133 Å². The predicted molar refractivity (Wildman–Crippen MR) is 207 cm³/mol. The molecule has 1 aliphatic rings.